The van der Waals surface area contributed by atoms with Crippen LogP contribution in [0.4, 0.5) is 0 Å². The molecule has 0 aliphatic carbocycles. The number of nitrogens with zero attached hydrogens (tertiary/aromatic N) is 2. The van der Waals surface area contributed by atoms with Crippen LogP contribution in [0.5, 0.6) is 0 Å². The lowest BCUT2D eigenvalue weighted by Crippen LogP contribution is -2.29. The molecule has 0 bridgehead atoms. The van der Waals surface area contributed by atoms with Crippen molar-refractivity contribution >= 4 is 19.1 Å². The minimum atomic E-state index is -1.70. The molecule has 0 N–H and O–H groups in total. The average Bonchev–Trinajstić information content (AvgIpc) is 2.76. The summed E-state index contributed by atoms with van der Waals surface area (Å²) in [7, 11) is -1.70. The lowest BCUT2D eigenvalue weighted by molar-refractivity contribution is 0.0418. The molecule has 4 nitrogen and oxygen atoms in total. The Bertz CT molecular complexity index is 702. The highest BCUT2D eigenvalue weighted by Gasteiger charge is 2.34. The second-order valence-electron chi connectivity index (χ2n) is 6.84. The summed E-state index contributed by atoms with van der Waals surface area (Å²) in [4.78, 5) is 4.77. The first-order valence-corrected chi connectivity index (χ1v) is 9.38. The highest BCUT2D eigenvalue weighted by Crippen LogP contribution is 2.36. The predicted molar refractivity (Wildman–Crippen MR) is 91.8 cm³/mol. The van der Waals surface area contributed by atoms with Gasteiger partial charge in [0.15, 0.2) is 12.4 Å². The molecule has 2 rings (SSSR count). The summed E-state index contributed by atoms with van der Waals surface area (Å²) in [6.45, 7) is 14.1. The molecule has 1 atom stereocenters. The monoisotopic (exact) mass is 321 g/mol. The summed E-state index contributed by atoms with van der Waals surface area (Å²) in [6, 6.07) is 6.37. The van der Waals surface area contributed by atoms with E-state index in [9.17, 15) is 4.57 Å². The van der Waals surface area contributed by atoms with E-state index in [2.05, 4.69) is 50.5 Å². The summed E-state index contributed by atoms with van der Waals surface area (Å²) in [5.74, 6) is 1.66. The van der Waals surface area contributed by atoms with Gasteiger partial charge in [-0.25, -0.2) is 4.98 Å². The number of hydrogen-bond acceptors (Lipinski definition) is 3. The van der Waals surface area contributed by atoms with Crippen LogP contribution in [-0.4, -0.2) is 16.2 Å². The van der Waals surface area contributed by atoms with Gasteiger partial charge >= 0.3 is 8.03 Å². The van der Waals surface area contributed by atoms with Gasteiger partial charge in [0, 0.05) is 5.92 Å². The molecular formula is C17H26N2O2P+. The SMILES string of the molecule is CC(C)c1ccc2nc(C(C)C)n(C(C)(C)O[P+](C)=O)c2c1. The Kier molecular flexibility index (Phi) is 4.74. The van der Waals surface area contributed by atoms with Crippen molar-refractivity contribution in [3.63, 3.8) is 0 Å². The fraction of sp³-hybridized carbons (Fsp3) is 0.588. The molecule has 1 aromatic heterocycles. The second-order valence-corrected chi connectivity index (χ2v) is 7.90. The van der Waals surface area contributed by atoms with Crippen LogP contribution in [0.3, 0.4) is 0 Å². The highest BCUT2D eigenvalue weighted by atomic mass is 31.1. The Labute approximate surface area is 133 Å². The summed E-state index contributed by atoms with van der Waals surface area (Å²) >= 11 is 0. The topological polar surface area (TPSA) is 44.1 Å². The lowest BCUT2D eigenvalue weighted by atomic mass is 10.0. The first-order valence-electron chi connectivity index (χ1n) is 7.76. The third-order valence-electron chi connectivity index (χ3n) is 3.78. The van der Waals surface area contributed by atoms with Crippen LogP contribution in [0.1, 0.15) is 64.8 Å². The molecular weight excluding hydrogens is 295 g/mol. The zero-order valence-electron chi connectivity index (χ0n) is 14.5. The summed E-state index contributed by atoms with van der Waals surface area (Å²) in [5, 5.41) is 0. The number of aromatic nitrogens is 2. The number of benzene rings is 1. The number of fused-ring (bicyclic) bond motifs is 1. The molecule has 0 aliphatic rings. The molecule has 1 unspecified atom stereocenters. The lowest BCUT2D eigenvalue weighted by Gasteiger charge is -2.25. The number of hydrogen-bond donors (Lipinski definition) is 0. The van der Waals surface area contributed by atoms with Crippen LogP contribution in [-0.2, 0) is 14.8 Å². The van der Waals surface area contributed by atoms with E-state index in [0.29, 0.717) is 5.92 Å². The van der Waals surface area contributed by atoms with Gasteiger partial charge in [-0.15, -0.1) is 4.52 Å². The highest BCUT2D eigenvalue weighted by molar-refractivity contribution is 7.38. The van der Waals surface area contributed by atoms with Crippen molar-refractivity contribution in [2.45, 2.75) is 59.1 Å². The molecule has 120 valence electrons. The van der Waals surface area contributed by atoms with Crippen LogP contribution in [0.25, 0.3) is 11.0 Å². The fourth-order valence-corrected chi connectivity index (χ4v) is 3.49. The molecule has 0 fully saturated rings. The molecule has 5 heteroatoms. The van der Waals surface area contributed by atoms with Gasteiger partial charge in [0.2, 0.25) is 0 Å². The first kappa shape index (κ1) is 17.1. The molecule has 0 saturated carbocycles. The molecule has 0 aliphatic heterocycles. The summed E-state index contributed by atoms with van der Waals surface area (Å²) in [6.07, 6.45) is 0. The Morgan fingerprint density at radius 1 is 1.18 bits per heavy atom. The zero-order chi connectivity index (χ0) is 16.7. The Balaban J connectivity index is 2.74. The standard InChI is InChI=1S/C17H26N2O2P/c1-11(2)13-8-9-14-15(10-13)19(16(18-14)12(3)4)17(5,6)21-22(7)20/h8-12H,1-7H3/q+1. The van der Waals surface area contributed by atoms with Crippen molar-refractivity contribution in [2.75, 3.05) is 6.66 Å². The molecule has 0 radical (unpaired) electrons. The number of imidazole rings is 1. The van der Waals surface area contributed by atoms with E-state index in [1.54, 1.807) is 6.66 Å². The van der Waals surface area contributed by atoms with Gasteiger partial charge in [-0.05, 0) is 42.0 Å². The smallest absolute Gasteiger partial charge is 0.294 e. The Morgan fingerprint density at radius 2 is 1.82 bits per heavy atom. The van der Waals surface area contributed by atoms with Gasteiger partial charge in [0.1, 0.15) is 5.82 Å². The predicted octanol–water partition coefficient (Wildman–Crippen LogP) is 5.36. The molecule has 0 saturated heterocycles. The van der Waals surface area contributed by atoms with Gasteiger partial charge in [0.05, 0.1) is 11.0 Å². The maximum Gasteiger partial charge on any atom is 0.507 e. The van der Waals surface area contributed by atoms with Crippen molar-refractivity contribution in [2.24, 2.45) is 0 Å². The van der Waals surface area contributed by atoms with Crippen LogP contribution in [0.2, 0.25) is 0 Å². The summed E-state index contributed by atoms with van der Waals surface area (Å²) < 4.78 is 19.4. The third-order valence-corrected chi connectivity index (χ3v) is 4.48. The second kappa shape index (κ2) is 6.10. The molecule has 0 spiro atoms. The van der Waals surface area contributed by atoms with Crippen LogP contribution in [0, 0.1) is 0 Å². The average molecular weight is 321 g/mol. The zero-order valence-corrected chi connectivity index (χ0v) is 15.4. The molecule has 1 heterocycles. The maximum atomic E-state index is 11.6. The van der Waals surface area contributed by atoms with Crippen molar-refractivity contribution in [3.05, 3.63) is 29.6 Å². The quantitative estimate of drug-likeness (QED) is 0.696. The van der Waals surface area contributed by atoms with Crippen molar-refractivity contribution < 1.29 is 9.09 Å². The third kappa shape index (κ3) is 3.23. The molecule has 0 amide bonds. The van der Waals surface area contributed by atoms with Crippen molar-refractivity contribution in [3.8, 4) is 0 Å². The van der Waals surface area contributed by atoms with Crippen LogP contribution >= 0.6 is 8.03 Å². The van der Waals surface area contributed by atoms with E-state index < -0.39 is 13.8 Å². The van der Waals surface area contributed by atoms with Gasteiger partial charge in [-0.2, -0.15) is 0 Å². The van der Waals surface area contributed by atoms with Gasteiger partial charge in [-0.1, -0.05) is 33.8 Å². The van der Waals surface area contributed by atoms with Crippen LogP contribution < -0.4 is 0 Å². The van der Waals surface area contributed by atoms with E-state index in [1.165, 1.54) is 5.56 Å². The Hall–Kier alpha value is -1.25. The van der Waals surface area contributed by atoms with Gasteiger partial charge < -0.3 is 0 Å². The van der Waals surface area contributed by atoms with Crippen LogP contribution in [0.15, 0.2) is 18.2 Å². The van der Waals surface area contributed by atoms with E-state index >= 15 is 0 Å². The summed E-state index contributed by atoms with van der Waals surface area (Å²) in [5.41, 5.74) is 2.56. The van der Waals surface area contributed by atoms with E-state index in [-0.39, 0.29) is 5.92 Å². The first-order chi connectivity index (χ1) is 10.1. The minimum absolute atomic E-state index is 0.257. The fourth-order valence-electron chi connectivity index (χ4n) is 2.78. The molecule has 22 heavy (non-hydrogen) atoms. The van der Waals surface area contributed by atoms with E-state index in [1.807, 2.05) is 13.8 Å². The van der Waals surface area contributed by atoms with E-state index in [0.717, 1.165) is 16.9 Å². The largest absolute Gasteiger partial charge is 0.507 e. The van der Waals surface area contributed by atoms with Gasteiger partial charge in [-0.3, -0.25) is 4.57 Å². The molecule has 2 aromatic rings. The number of rotatable bonds is 5. The normalized spacial score (nSPS) is 13.4. The minimum Gasteiger partial charge on any atom is -0.294 e. The van der Waals surface area contributed by atoms with Crippen molar-refractivity contribution in [1.82, 2.24) is 9.55 Å². The Morgan fingerprint density at radius 3 is 2.32 bits per heavy atom. The van der Waals surface area contributed by atoms with Gasteiger partial charge in [0.25, 0.3) is 0 Å². The van der Waals surface area contributed by atoms with E-state index in [4.69, 9.17) is 9.51 Å². The van der Waals surface area contributed by atoms with Crippen molar-refractivity contribution in [1.29, 1.82) is 0 Å². The maximum absolute atomic E-state index is 11.6. The molecule has 1 aromatic carbocycles.